The second-order valence-electron chi connectivity index (χ2n) is 4.85. The predicted molar refractivity (Wildman–Crippen MR) is 91.6 cm³/mol. The average molecular weight is 367 g/mol. The van der Waals surface area contributed by atoms with Crippen LogP contribution in [-0.2, 0) is 4.79 Å². The van der Waals surface area contributed by atoms with Crippen molar-refractivity contribution in [2.75, 3.05) is 19.0 Å². The second-order valence-corrected chi connectivity index (χ2v) is 5.67. The van der Waals surface area contributed by atoms with E-state index in [0.717, 1.165) is 0 Å². The maximum absolute atomic E-state index is 10.8. The first-order valence-electron chi connectivity index (χ1n) is 6.83. The van der Waals surface area contributed by atoms with E-state index >= 15 is 0 Å². The Morgan fingerprint density at radius 1 is 1.38 bits per heavy atom. The minimum Gasteiger partial charge on any atom is -0.494 e. The number of fused-ring (bicyclic) bond motifs is 1. The molecular formula is C15H12Cl2N4O3. The topological polar surface area (TPSA) is 89.3 Å². The first-order chi connectivity index (χ1) is 11.5. The van der Waals surface area contributed by atoms with Gasteiger partial charge >= 0.3 is 5.97 Å². The molecule has 7 nitrogen and oxygen atoms in total. The van der Waals surface area contributed by atoms with Crippen LogP contribution in [0.25, 0.3) is 16.6 Å². The molecule has 0 fully saturated rings. The lowest BCUT2D eigenvalue weighted by Crippen LogP contribution is -2.13. The van der Waals surface area contributed by atoms with Crippen molar-refractivity contribution in [3.63, 3.8) is 0 Å². The fourth-order valence-electron chi connectivity index (χ4n) is 2.31. The lowest BCUT2D eigenvalue weighted by Gasteiger charge is -2.11. The Morgan fingerprint density at radius 3 is 2.88 bits per heavy atom. The van der Waals surface area contributed by atoms with Crippen LogP contribution in [0.2, 0.25) is 10.2 Å². The fourth-order valence-corrected chi connectivity index (χ4v) is 2.66. The summed E-state index contributed by atoms with van der Waals surface area (Å²) < 4.78 is 6.96. The van der Waals surface area contributed by atoms with Gasteiger partial charge in [-0.15, -0.1) is 0 Å². The van der Waals surface area contributed by atoms with E-state index in [-0.39, 0.29) is 11.7 Å². The van der Waals surface area contributed by atoms with Crippen molar-refractivity contribution in [3.8, 4) is 11.4 Å². The molecule has 0 atom stereocenters. The van der Waals surface area contributed by atoms with Crippen LogP contribution in [0.5, 0.6) is 5.75 Å². The van der Waals surface area contributed by atoms with E-state index in [2.05, 4.69) is 15.4 Å². The van der Waals surface area contributed by atoms with Gasteiger partial charge in [0, 0.05) is 11.1 Å². The molecule has 2 N–H and O–H groups in total. The van der Waals surface area contributed by atoms with Crippen LogP contribution >= 0.6 is 23.2 Å². The summed E-state index contributed by atoms with van der Waals surface area (Å²) in [7, 11) is 1.55. The van der Waals surface area contributed by atoms with Crippen molar-refractivity contribution >= 4 is 45.9 Å². The summed E-state index contributed by atoms with van der Waals surface area (Å²) in [5.41, 5.74) is 1.27. The van der Waals surface area contributed by atoms with E-state index < -0.39 is 5.97 Å². The highest BCUT2D eigenvalue weighted by Crippen LogP contribution is 2.31. The SMILES string of the molecule is COc1ccc(Cl)cc1-n1ncc2c(NCC(=O)O)nc(Cl)cc21. The van der Waals surface area contributed by atoms with E-state index in [1.165, 1.54) is 0 Å². The molecule has 3 rings (SSSR count). The summed E-state index contributed by atoms with van der Waals surface area (Å²) in [6, 6.07) is 6.79. The quantitative estimate of drug-likeness (QED) is 0.673. The van der Waals surface area contributed by atoms with Crippen molar-refractivity contribution in [3.05, 3.63) is 40.6 Å². The molecule has 3 aromatic rings. The normalized spacial score (nSPS) is 10.8. The Kier molecular flexibility index (Phi) is 4.46. The largest absolute Gasteiger partial charge is 0.494 e. The van der Waals surface area contributed by atoms with Crippen LogP contribution < -0.4 is 10.1 Å². The van der Waals surface area contributed by atoms with Gasteiger partial charge < -0.3 is 15.2 Å². The highest BCUT2D eigenvalue weighted by Gasteiger charge is 2.15. The molecule has 0 aliphatic rings. The van der Waals surface area contributed by atoms with Gasteiger partial charge in [0.2, 0.25) is 0 Å². The Morgan fingerprint density at radius 2 is 2.17 bits per heavy atom. The molecule has 1 aromatic carbocycles. The molecule has 0 radical (unpaired) electrons. The number of nitrogens with one attached hydrogen (secondary N) is 1. The maximum Gasteiger partial charge on any atom is 0.322 e. The molecule has 0 saturated carbocycles. The third kappa shape index (κ3) is 3.08. The number of methoxy groups -OCH3 is 1. The van der Waals surface area contributed by atoms with Crippen molar-refractivity contribution in [2.45, 2.75) is 0 Å². The molecule has 124 valence electrons. The van der Waals surface area contributed by atoms with Gasteiger partial charge in [0.05, 0.1) is 24.2 Å². The summed E-state index contributed by atoms with van der Waals surface area (Å²) in [5.74, 6) is -0.0849. The number of carbonyl (C=O) groups is 1. The van der Waals surface area contributed by atoms with Crippen molar-refractivity contribution in [1.29, 1.82) is 0 Å². The average Bonchev–Trinajstić information content (AvgIpc) is 2.96. The number of anilines is 1. The zero-order chi connectivity index (χ0) is 17.3. The van der Waals surface area contributed by atoms with Gasteiger partial charge in [-0.3, -0.25) is 4.79 Å². The summed E-state index contributed by atoms with van der Waals surface area (Å²) in [6.45, 7) is -0.284. The number of carboxylic acid groups (broad SMARTS) is 1. The van der Waals surface area contributed by atoms with E-state index in [4.69, 9.17) is 33.0 Å². The third-order valence-electron chi connectivity index (χ3n) is 3.31. The maximum atomic E-state index is 10.8. The van der Waals surface area contributed by atoms with Gasteiger partial charge in [-0.2, -0.15) is 5.10 Å². The summed E-state index contributed by atoms with van der Waals surface area (Å²) >= 11 is 12.1. The molecule has 0 aliphatic heterocycles. The number of hydrogen-bond donors (Lipinski definition) is 2. The predicted octanol–water partition coefficient (Wildman–Crippen LogP) is 3.23. The summed E-state index contributed by atoms with van der Waals surface area (Å²) in [6.07, 6.45) is 1.57. The van der Waals surface area contributed by atoms with Crippen molar-refractivity contribution in [2.24, 2.45) is 0 Å². The first kappa shape index (κ1) is 16.4. The zero-order valence-electron chi connectivity index (χ0n) is 12.5. The highest BCUT2D eigenvalue weighted by molar-refractivity contribution is 6.31. The van der Waals surface area contributed by atoms with Crippen LogP contribution in [0.1, 0.15) is 0 Å². The van der Waals surface area contributed by atoms with E-state index in [9.17, 15) is 4.79 Å². The Hall–Kier alpha value is -2.51. The number of nitrogens with zero attached hydrogens (tertiary/aromatic N) is 3. The Labute approximate surface area is 146 Å². The van der Waals surface area contributed by atoms with Gasteiger partial charge in [0.15, 0.2) is 0 Å². The minimum atomic E-state index is -1.01. The molecule has 24 heavy (non-hydrogen) atoms. The molecule has 2 aromatic heterocycles. The monoisotopic (exact) mass is 366 g/mol. The van der Waals surface area contributed by atoms with Crippen LogP contribution in [-0.4, -0.2) is 39.5 Å². The van der Waals surface area contributed by atoms with Crippen LogP contribution in [0, 0.1) is 0 Å². The van der Waals surface area contributed by atoms with Crippen LogP contribution in [0.3, 0.4) is 0 Å². The molecule has 0 bridgehead atoms. The van der Waals surface area contributed by atoms with Crippen molar-refractivity contribution in [1.82, 2.24) is 14.8 Å². The second kappa shape index (κ2) is 6.54. The van der Waals surface area contributed by atoms with E-state index in [1.807, 2.05) is 0 Å². The molecule has 0 amide bonds. The van der Waals surface area contributed by atoms with Crippen LogP contribution in [0.15, 0.2) is 30.5 Å². The molecule has 2 heterocycles. The molecule has 0 spiro atoms. The molecule has 0 saturated heterocycles. The first-order valence-corrected chi connectivity index (χ1v) is 7.59. The van der Waals surface area contributed by atoms with E-state index in [1.54, 1.807) is 42.3 Å². The number of rotatable bonds is 5. The minimum absolute atomic E-state index is 0.207. The van der Waals surface area contributed by atoms with Gasteiger partial charge in [-0.05, 0) is 18.2 Å². The number of aromatic nitrogens is 3. The number of benzene rings is 1. The van der Waals surface area contributed by atoms with Gasteiger partial charge in [0.1, 0.15) is 29.0 Å². The number of carboxylic acids is 1. The van der Waals surface area contributed by atoms with Gasteiger partial charge in [0.25, 0.3) is 0 Å². The van der Waals surface area contributed by atoms with Gasteiger partial charge in [-0.25, -0.2) is 9.67 Å². The Balaban J connectivity index is 2.17. The number of pyridine rings is 1. The third-order valence-corrected chi connectivity index (χ3v) is 3.74. The number of ether oxygens (including phenoxy) is 1. The molecule has 0 aliphatic carbocycles. The number of aliphatic carboxylic acids is 1. The zero-order valence-corrected chi connectivity index (χ0v) is 14.0. The Bertz CT molecular complexity index is 926. The fraction of sp³-hybridized carbons (Fsp3) is 0.133. The lowest BCUT2D eigenvalue weighted by atomic mass is 10.2. The smallest absolute Gasteiger partial charge is 0.322 e. The summed E-state index contributed by atoms with van der Waals surface area (Å²) in [4.78, 5) is 14.9. The van der Waals surface area contributed by atoms with E-state index in [0.29, 0.717) is 33.2 Å². The lowest BCUT2D eigenvalue weighted by molar-refractivity contribution is -0.134. The molecular weight excluding hydrogens is 355 g/mol. The number of halogens is 2. The van der Waals surface area contributed by atoms with Gasteiger partial charge in [-0.1, -0.05) is 23.2 Å². The summed E-state index contributed by atoms with van der Waals surface area (Å²) in [5, 5.41) is 17.2. The van der Waals surface area contributed by atoms with Crippen LogP contribution in [0.4, 0.5) is 5.82 Å². The highest BCUT2D eigenvalue weighted by atomic mass is 35.5. The molecule has 9 heteroatoms. The number of hydrogen-bond acceptors (Lipinski definition) is 5. The standard InChI is InChI=1S/C15H12Cl2N4O3/c1-24-12-3-2-8(16)4-11(12)21-10-5-13(17)20-15(9(10)6-19-21)18-7-14(22)23/h2-6H,7H2,1H3,(H,18,20)(H,22,23). The molecule has 0 unspecified atom stereocenters. The van der Waals surface area contributed by atoms with Crippen molar-refractivity contribution < 1.29 is 14.6 Å².